The van der Waals surface area contributed by atoms with Gasteiger partial charge in [0.25, 0.3) is 0 Å². The summed E-state index contributed by atoms with van der Waals surface area (Å²) in [5, 5.41) is 17.4. The summed E-state index contributed by atoms with van der Waals surface area (Å²) in [5.41, 5.74) is 5.45. The first-order valence-electron chi connectivity index (χ1n) is 6.25. The highest BCUT2D eigenvalue weighted by atomic mass is 16.4. The molecular formula is C11H20N4O2. The van der Waals surface area contributed by atoms with Crippen molar-refractivity contribution in [3.8, 4) is 0 Å². The minimum absolute atomic E-state index is 0.101. The lowest BCUT2D eigenvalue weighted by Gasteiger charge is -2.26. The highest BCUT2D eigenvalue weighted by Gasteiger charge is 2.24. The highest BCUT2D eigenvalue weighted by Crippen LogP contribution is 2.22. The van der Waals surface area contributed by atoms with Crippen LogP contribution in [-0.2, 0) is 6.42 Å². The van der Waals surface area contributed by atoms with Gasteiger partial charge in [0.1, 0.15) is 0 Å². The molecule has 2 rings (SSSR count). The van der Waals surface area contributed by atoms with Crippen molar-refractivity contribution in [2.24, 2.45) is 5.73 Å². The molecule has 1 saturated heterocycles. The fourth-order valence-electron chi connectivity index (χ4n) is 2.20. The summed E-state index contributed by atoms with van der Waals surface area (Å²) in [5.74, 6) is 0.573. The number of hydrogen-bond donors (Lipinski definition) is 2. The van der Waals surface area contributed by atoms with E-state index in [9.17, 15) is 5.11 Å². The number of aliphatic hydroxyl groups excluding tert-OH is 1. The lowest BCUT2D eigenvalue weighted by atomic mass is 10.1. The maximum Gasteiger partial charge on any atom is 0.318 e. The van der Waals surface area contributed by atoms with Crippen molar-refractivity contribution in [2.75, 3.05) is 24.6 Å². The molecule has 0 bridgehead atoms. The van der Waals surface area contributed by atoms with E-state index >= 15 is 0 Å². The van der Waals surface area contributed by atoms with Gasteiger partial charge < -0.3 is 20.2 Å². The molecule has 1 fully saturated rings. The first-order chi connectivity index (χ1) is 8.35. The van der Waals surface area contributed by atoms with E-state index in [0.717, 1.165) is 25.8 Å². The van der Waals surface area contributed by atoms with Gasteiger partial charge in [-0.15, -0.1) is 5.10 Å². The van der Waals surface area contributed by atoms with Gasteiger partial charge in [-0.05, 0) is 12.8 Å². The zero-order chi connectivity index (χ0) is 12.1. The summed E-state index contributed by atoms with van der Waals surface area (Å²) >= 11 is 0. The lowest BCUT2D eigenvalue weighted by Crippen LogP contribution is -2.37. The number of rotatable bonds is 4. The van der Waals surface area contributed by atoms with E-state index in [1.54, 1.807) is 0 Å². The molecule has 0 saturated carbocycles. The van der Waals surface area contributed by atoms with Crippen LogP contribution < -0.4 is 10.6 Å². The van der Waals surface area contributed by atoms with E-state index in [2.05, 4.69) is 10.2 Å². The zero-order valence-electron chi connectivity index (χ0n) is 10.0. The van der Waals surface area contributed by atoms with Crippen molar-refractivity contribution in [2.45, 2.75) is 38.1 Å². The van der Waals surface area contributed by atoms with Gasteiger partial charge in [-0.25, -0.2) is 0 Å². The molecule has 96 valence electrons. The van der Waals surface area contributed by atoms with Gasteiger partial charge >= 0.3 is 6.01 Å². The van der Waals surface area contributed by atoms with E-state index in [4.69, 9.17) is 10.2 Å². The summed E-state index contributed by atoms with van der Waals surface area (Å²) in [7, 11) is 0. The predicted octanol–water partition coefficient (Wildman–Crippen LogP) is 0.312. The van der Waals surface area contributed by atoms with E-state index in [0.29, 0.717) is 24.9 Å². The third kappa shape index (κ3) is 2.95. The van der Waals surface area contributed by atoms with E-state index < -0.39 is 0 Å². The third-order valence-corrected chi connectivity index (χ3v) is 3.15. The smallest absolute Gasteiger partial charge is 0.318 e. The summed E-state index contributed by atoms with van der Waals surface area (Å²) < 4.78 is 5.56. The van der Waals surface area contributed by atoms with Crippen molar-refractivity contribution >= 4 is 6.01 Å². The molecular weight excluding hydrogens is 220 g/mol. The van der Waals surface area contributed by atoms with E-state index in [1.165, 1.54) is 6.42 Å². The van der Waals surface area contributed by atoms with Crippen molar-refractivity contribution in [1.82, 2.24) is 10.2 Å². The van der Waals surface area contributed by atoms with Gasteiger partial charge in [0.15, 0.2) is 0 Å². The van der Waals surface area contributed by atoms with Crippen molar-refractivity contribution < 1.29 is 9.52 Å². The number of aliphatic hydroxyl groups is 1. The molecule has 3 N–H and O–H groups in total. The van der Waals surface area contributed by atoms with Crippen LogP contribution >= 0.6 is 0 Å². The van der Waals surface area contributed by atoms with Crippen LogP contribution in [0.4, 0.5) is 6.01 Å². The van der Waals surface area contributed by atoms with Gasteiger partial charge in [-0.1, -0.05) is 17.9 Å². The van der Waals surface area contributed by atoms with Gasteiger partial charge in [0.2, 0.25) is 5.89 Å². The maximum absolute atomic E-state index is 9.41. The number of anilines is 1. The predicted molar refractivity (Wildman–Crippen MR) is 63.7 cm³/mol. The zero-order valence-corrected chi connectivity index (χ0v) is 10.0. The van der Waals surface area contributed by atoms with E-state index in [1.807, 2.05) is 4.90 Å². The molecule has 0 aromatic carbocycles. The molecule has 6 heteroatoms. The van der Waals surface area contributed by atoms with Gasteiger partial charge in [0, 0.05) is 19.5 Å². The van der Waals surface area contributed by atoms with Crippen molar-refractivity contribution in [3.63, 3.8) is 0 Å². The normalized spacial score (nSPS) is 21.5. The summed E-state index contributed by atoms with van der Waals surface area (Å²) in [4.78, 5) is 2.03. The first kappa shape index (κ1) is 12.3. The fraction of sp³-hybridized carbons (Fsp3) is 0.818. The Morgan fingerprint density at radius 1 is 1.35 bits per heavy atom. The Morgan fingerprint density at radius 2 is 2.24 bits per heavy atom. The van der Waals surface area contributed by atoms with Crippen LogP contribution in [0.3, 0.4) is 0 Å². The SMILES string of the molecule is NCCc1nnc(N2CCCCCC2CO)o1. The Labute approximate surface area is 101 Å². The molecule has 0 aliphatic carbocycles. The summed E-state index contributed by atoms with van der Waals surface area (Å²) in [6, 6.07) is 0.623. The standard InChI is InChI=1S/C11H20N4O2/c12-6-5-10-13-14-11(17-10)15-7-3-1-2-4-9(15)8-16/h9,16H,1-8,12H2. The van der Waals surface area contributed by atoms with Gasteiger partial charge in [-0.3, -0.25) is 0 Å². The number of aromatic nitrogens is 2. The van der Waals surface area contributed by atoms with Crippen molar-refractivity contribution in [3.05, 3.63) is 5.89 Å². The third-order valence-electron chi connectivity index (χ3n) is 3.15. The highest BCUT2D eigenvalue weighted by molar-refractivity contribution is 5.27. The molecule has 1 aromatic heterocycles. The second-order valence-electron chi connectivity index (χ2n) is 4.40. The Hall–Kier alpha value is -1.14. The maximum atomic E-state index is 9.41. The quantitative estimate of drug-likeness (QED) is 0.787. The molecule has 1 aliphatic heterocycles. The van der Waals surface area contributed by atoms with Crippen LogP contribution in [0.25, 0.3) is 0 Å². The average Bonchev–Trinajstić information content (AvgIpc) is 2.66. The summed E-state index contributed by atoms with van der Waals surface area (Å²) in [6.45, 7) is 1.51. The molecule has 0 radical (unpaired) electrons. The first-order valence-corrected chi connectivity index (χ1v) is 6.25. The Balaban J connectivity index is 2.10. The van der Waals surface area contributed by atoms with Crippen LogP contribution in [0.15, 0.2) is 4.42 Å². The molecule has 1 aliphatic rings. The Bertz CT molecular complexity index is 342. The van der Waals surface area contributed by atoms with Crippen LogP contribution in [-0.4, -0.2) is 41.0 Å². The van der Waals surface area contributed by atoms with Crippen LogP contribution in [0.5, 0.6) is 0 Å². The van der Waals surface area contributed by atoms with Crippen LogP contribution in [0, 0.1) is 0 Å². The molecule has 1 unspecified atom stereocenters. The second kappa shape index (κ2) is 5.97. The molecule has 1 aromatic rings. The minimum atomic E-state index is 0.101. The molecule has 0 amide bonds. The van der Waals surface area contributed by atoms with Crippen LogP contribution in [0.2, 0.25) is 0 Å². The number of nitrogens with two attached hydrogens (primary N) is 1. The Kier molecular flexibility index (Phi) is 4.33. The van der Waals surface area contributed by atoms with Gasteiger partial charge in [0.05, 0.1) is 12.6 Å². The fourth-order valence-corrected chi connectivity index (χ4v) is 2.20. The minimum Gasteiger partial charge on any atom is -0.408 e. The monoisotopic (exact) mass is 240 g/mol. The van der Waals surface area contributed by atoms with Crippen molar-refractivity contribution in [1.29, 1.82) is 0 Å². The molecule has 1 atom stereocenters. The number of nitrogens with zero attached hydrogens (tertiary/aromatic N) is 3. The molecule has 0 spiro atoms. The van der Waals surface area contributed by atoms with Gasteiger partial charge in [-0.2, -0.15) is 0 Å². The average molecular weight is 240 g/mol. The second-order valence-corrected chi connectivity index (χ2v) is 4.40. The molecule has 6 nitrogen and oxygen atoms in total. The molecule has 2 heterocycles. The van der Waals surface area contributed by atoms with Crippen LogP contribution in [0.1, 0.15) is 31.6 Å². The van der Waals surface area contributed by atoms with E-state index in [-0.39, 0.29) is 12.6 Å². The number of hydrogen-bond acceptors (Lipinski definition) is 6. The Morgan fingerprint density at radius 3 is 3.00 bits per heavy atom. The molecule has 17 heavy (non-hydrogen) atoms. The largest absolute Gasteiger partial charge is 0.408 e. The lowest BCUT2D eigenvalue weighted by molar-refractivity contribution is 0.250. The summed E-state index contributed by atoms with van der Waals surface area (Å²) in [6.07, 6.45) is 5.02. The topological polar surface area (TPSA) is 88.4 Å².